The summed E-state index contributed by atoms with van der Waals surface area (Å²) in [7, 11) is 0. The first-order valence-corrected chi connectivity index (χ1v) is 3.99. The Kier molecular flexibility index (Phi) is 1.74. The lowest BCUT2D eigenvalue weighted by molar-refractivity contribution is 0.640. The molecule has 0 bridgehead atoms. The van der Waals surface area contributed by atoms with Crippen molar-refractivity contribution in [2.75, 3.05) is 0 Å². The van der Waals surface area contributed by atoms with Crippen LogP contribution in [0.15, 0.2) is 36.4 Å². The second kappa shape index (κ2) is 2.76. The van der Waals surface area contributed by atoms with Crippen LogP contribution in [0.2, 0.25) is 5.02 Å². The van der Waals surface area contributed by atoms with Gasteiger partial charge in [-0.05, 0) is 12.1 Å². The van der Waals surface area contributed by atoms with Gasteiger partial charge in [-0.15, -0.1) is 0 Å². The molecule has 0 nitrogen and oxygen atoms in total. The molecule has 0 saturated heterocycles. The molecule has 0 unspecified atom stereocenters. The van der Waals surface area contributed by atoms with Crippen molar-refractivity contribution in [2.24, 2.45) is 0 Å². The first kappa shape index (κ1) is 7.56. The minimum absolute atomic E-state index is 0.227. The van der Waals surface area contributed by atoms with Crippen LogP contribution < -0.4 is 0 Å². The summed E-state index contributed by atoms with van der Waals surface area (Å²) in [5.41, 5.74) is 0. The molecule has 12 heavy (non-hydrogen) atoms. The quantitative estimate of drug-likeness (QED) is 0.581. The van der Waals surface area contributed by atoms with E-state index in [0.29, 0.717) is 10.4 Å². The largest absolute Gasteiger partial charge is 0.206 e. The predicted molar refractivity (Wildman–Crippen MR) is 48.9 cm³/mol. The highest BCUT2D eigenvalue weighted by Gasteiger charge is 2.01. The highest BCUT2D eigenvalue weighted by Crippen LogP contribution is 2.24. The van der Waals surface area contributed by atoms with E-state index in [2.05, 4.69) is 0 Å². The van der Waals surface area contributed by atoms with Gasteiger partial charge in [0.2, 0.25) is 0 Å². The van der Waals surface area contributed by atoms with Crippen LogP contribution >= 0.6 is 11.6 Å². The lowest BCUT2D eigenvalue weighted by Crippen LogP contribution is -1.78. The van der Waals surface area contributed by atoms with Crippen LogP contribution in [0.5, 0.6) is 0 Å². The van der Waals surface area contributed by atoms with Crippen molar-refractivity contribution in [3.8, 4) is 0 Å². The summed E-state index contributed by atoms with van der Waals surface area (Å²) in [5.74, 6) is -0.227. The van der Waals surface area contributed by atoms with Gasteiger partial charge in [0.1, 0.15) is 5.82 Å². The maximum Gasteiger partial charge on any atom is 0.131 e. The van der Waals surface area contributed by atoms with Gasteiger partial charge in [0.05, 0.1) is 0 Å². The van der Waals surface area contributed by atoms with Gasteiger partial charge in [-0.1, -0.05) is 35.9 Å². The molecule has 0 N–H and O–H groups in total. The first-order chi connectivity index (χ1) is 5.79. The number of rotatable bonds is 0. The van der Waals surface area contributed by atoms with Gasteiger partial charge in [0.15, 0.2) is 0 Å². The third-order valence-corrected chi connectivity index (χ3v) is 2.15. The van der Waals surface area contributed by atoms with Gasteiger partial charge >= 0.3 is 0 Å². The van der Waals surface area contributed by atoms with Crippen LogP contribution in [0.25, 0.3) is 10.8 Å². The Bertz CT molecular complexity index is 383. The second-order valence-electron chi connectivity index (χ2n) is 2.57. The molecule has 0 aliphatic heterocycles. The van der Waals surface area contributed by atoms with Crippen LogP contribution in [0.1, 0.15) is 0 Å². The van der Waals surface area contributed by atoms with Gasteiger partial charge in [-0.3, -0.25) is 0 Å². The smallest absolute Gasteiger partial charge is 0.131 e. The SMILES string of the molecule is Fc1ccc(Cl)c2ccccc12. The topological polar surface area (TPSA) is 0 Å². The maximum atomic E-state index is 13.1. The van der Waals surface area contributed by atoms with Gasteiger partial charge in [-0.25, -0.2) is 4.39 Å². The molecule has 2 heteroatoms. The third-order valence-electron chi connectivity index (χ3n) is 1.82. The van der Waals surface area contributed by atoms with Gasteiger partial charge < -0.3 is 0 Å². The Hall–Kier alpha value is -1.08. The molecule has 0 saturated carbocycles. The fourth-order valence-corrected chi connectivity index (χ4v) is 1.45. The molecule has 0 heterocycles. The van der Waals surface area contributed by atoms with E-state index in [-0.39, 0.29) is 5.82 Å². The van der Waals surface area contributed by atoms with E-state index in [1.54, 1.807) is 24.3 Å². The van der Waals surface area contributed by atoms with Crippen LogP contribution in [0.4, 0.5) is 4.39 Å². The monoisotopic (exact) mass is 180 g/mol. The maximum absolute atomic E-state index is 13.1. The van der Waals surface area contributed by atoms with Crippen molar-refractivity contribution < 1.29 is 4.39 Å². The summed E-state index contributed by atoms with van der Waals surface area (Å²) in [4.78, 5) is 0. The molecule has 0 fully saturated rings. The summed E-state index contributed by atoms with van der Waals surface area (Å²) in [6, 6.07) is 10.1. The zero-order chi connectivity index (χ0) is 8.55. The first-order valence-electron chi connectivity index (χ1n) is 3.62. The molecule has 2 aromatic rings. The second-order valence-corrected chi connectivity index (χ2v) is 2.98. The lowest BCUT2D eigenvalue weighted by Gasteiger charge is -1.99. The van der Waals surface area contributed by atoms with Crippen LogP contribution in [0.3, 0.4) is 0 Å². The van der Waals surface area contributed by atoms with Crippen molar-refractivity contribution in [2.45, 2.75) is 0 Å². The Morgan fingerprint density at radius 3 is 2.25 bits per heavy atom. The van der Waals surface area contributed by atoms with Crippen molar-refractivity contribution >= 4 is 22.4 Å². The third kappa shape index (κ3) is 1.07. The van der Waals surface area contributed by atoms with E-state index < -0.39 is 0 Å². The highest BCUT2D eigenvalue weighted by atomic mass is 35.5. The fraction of sp³-hybridized carbons (Fsp3) is 0. The molecule has 0 spiro atoms. The average molecular weight is 181 g/mol. The molecule has 0 aliphatic carbocycles. The van der Waals surface area contributed by atoms with Crippen molar-refractivity contribution in [3.05, 3.63) is 47.2 Å². The van der Waals surface area contributed by atoms with Crippen molar-refractivity contribution in [1.82, 2.24) is 0 Å². The molecule has 0 aliphatic rings. The highest BCUT2D eigenvalue weighted by molar-refractivity contribution is 6.35. The Morgan fingerprint density at radius 2 is 1.58 bits per heavy atom. The number of hydrogen-bond acceptors (Lipinski definition) is 0. The Balaban J connectivity index is 2.95. The van der Waals surface area contributed by atoms with Crippen LogP contribution in [-0.2, 0) is 0 Å². The Morgan fingerprint density at radius 1 is 0.917 bits per heavy atom. The van der Waals surface area contributed by atoms with Crippen LogP contribution in [0, 0.1) is 5.82 Å². The van der Waals surface area contributed by atoms with E-state index in [1.807, 2.05) is 6.07 Å². The minimum Gasteiger partial charge on any atom is -0.206 e. The van der Waals surface area contributed by atoms with Crippen molar-refractivity contribution in [1.29, 1.82) is 0 Å². The standard InChI is InChI=1S/C10H6ClF/c11-9-5-6-10(12)8-4-2-1-3-7(8)9/h1-6H. The number of fused-ring (bicyclic) bond motifs is 1. The van der Waals surface area contributed by atoms with E-state index in [4.69, 9.17) is 11.6 Å². The minimum atomic E-state index is -0.227. The van der Waals surface area contributed by atoms with Gasteiger partial charge in [0.25, 0.3) is 0 Å². The summed E-state index contributed by atoms with van der Waals surface area (Å²) < 4.78 is 13.1. The molecule has 0 aromatic heterocycles. The van der Waals surface area contributed by atoms with Crippen LogP contribution in [-0.4, -0.2) is 0 Å². The summed E-state index contributed by atoms with van der Waals surface area (Å²) in [6.45, 7) is 0. The zero-order valence-corrected chi connectivity index (χ0v) is 6.98. The van der Waals surface area contributed by atoms with E-state index in [0.717, 1.165) is 5.39 Å². The Labute approximate surface area is 74.6 Å². The molecular formula is C10H6ClF. The van der Waals surface area contributed by atoms with E-state index >= 15 is 0 Å². The van der Waals surface area contributed by atoms with E-state index in [1.165, 1.54) is 6.07 Å². The van der Waals surface area contributed by atoms with Gasteiger partial charge in [-0.2, -0.15) is 0 Å². The number of benzene rings is 2. The molecule has 60 valence electrons. The molecule has 0 amide bonds. The molecular weight excluding hydrogens is 175 g/mol. The summed E-state index contributed by atoms with van der Waals surface area (Å²) in [5, 5.41) is 1.93. The zero-order valence-electron chi connectivity index (χ0n) is 6.22. The number of halogens is 2. The molecule has 0 atom stereocenters. The average Bonchev–Trinajstić information content (AvgIpc) is 2.12. The van der Waals surface area contributed by atoms with Crippen molar-refractivity contribution in [3.63, 3.8) is 0 Å². The predicted octanol–water partition coefficient (Wildman–Crippen LogP) is 3.63. The lowest BCUT2D eigenvalue weighted by atomic mass is 10.1. The molecule has 0 radical (unpaired) electrons. The molecule has 2 aromatic carbocycles. The van der Waals surface area contributed by atoms with Gasteiger partial charge in [0, 0.05) is 15.8 Å². The number of hydrogen-bond donors (Lipinski definition) is 0. The normalized spacial score (nSPS) is 10.5. The fourth-order valence-electron chi connectivity index (χ4n) is 1.23. The molecule has 2 rings (SSSR count). The summed E-state index contributed by atoms with van der Waals surface area (Å²) >= 11 is 5.86. The summed E-state index contributed by atoms with van der Waals surface area (Å²) in [6.07, 6.45) is 0. The van der Waals surface area contributed by atoms with E-state index in [9.17, 15) is 4.39 Å².